The second-order valence-electron chi connectivity index (χ2n) is 16.6. The summed E-state index contributed by atoms with van der Waals surface area (Å²) in [6.07, 6.45) is 0.645. The monoisotopic (exact) mass is 852 g/mol. The number of hydrogen-bond acceptors (Lipinski definition) is 5. The van der Waals surface area contributed by atoms with Gasteiger partial charge in [-0.2, -0.15) is 0 Å². The number of aryl methyl sites for hydroxylation is 4. The molecule has 5 nitrogen and oxygen atoms in total. The van der Waals surface area contributed by atoms with Gasteiger partial charge in [-0.1, -0.05) is 135 Å². The highest BCUT2D eigenvalue weighted by Gasteiger charge is 2.47. The van der Waals surface area contributed by atoms with Crippen LogP contribution in [0.3, 0.4) is 0 Å². The van der Waals surface area contributed by atoms with Crippen LogP contribution in [0, 0.1) is 27.7 Å². The number of benzene rings is 7. The molecule has 0 aliphatic carbocycles. The number of carbonyl (C=O) groups is 1. The predicted molar refractivity (Wildman–Crippen MR) is 258 cm³/mol. The summed E-state index contributed by atoms with van der Waals surface area (Å²) in [5, 5.41) is 1.27. The average Bonchev–Trinajstić information content (AvgIpc) is 3.31. The molecule has 0 N–H and O–H groups in total. The van der Waals surface area contributed by atoms with Gasteiger partial charge in [-0.3, -0.25) is 4.79 Å². The summed E-state index contributed by atoms with van der Waals surface area (Å²) in [4.78, 5) is 14.8. The zero-order chi connectivity index (χ0) is 44.2. The maximum Gasteiger partial charge on any atom is 0.134 e. The number of ketones is 1. The van der Waals surface area contributed by atoms with Gasteiger partial charge in [0.15, 0.2) is 0 Å². The van der Waals surface area contributed by atoms with E-state index in [0.717, 1.165) is 11.1 Å². The first-order valence-corrected chi connectivity index (χ1v) is 23.2. The minimum Gasteiger partial charge on any atom is -0.496 e. The van der Waals surface area contributed by atoms with E-state index in [-0.39, 0.29) is 28.9 Å². The number of methoxy groups -OCH3 is 4. The third-order valence-corrected chi connectivity index (χ3v) is 16.3. The third kappa shape index (κ3) is 8.28. The molecule has 4 atom stereocenters. The minimum atomic E-state index is -1.41. The fourth-order valence-corrected chi connectivity index (χ4v) is 14.3. The Balaban J connectivity index is 1.60. The van der Waals surface area contributed by atoms with Gasteiger partial charge in [0.25, 0.3) is 0 Å². The standard InChI is InChI=1S/C57H57O5P/c1-36-20-15-21-37(2)51(36)53(40-24-11-9-12-25-40)43-28-17-29-44(54(41-26-13-10-14-27-41)52-38(3)22-16-23-39(52)4)57(43)63-49(55-45(59-5)30-18-31-46(55)60-6)34-42(58)35-50(63)56-47(61-7)32-19-33-48(56)62-8/h9-33,49-50,53-54H,34-35H2,1-8H3. The molecule has 0 spiro atoms. The molecule has 0 radical (unpaired) electrons. The smallest absolute Gasteiger partial charge is 0.134 e. The maximum absolute atomic E-state index is 14.8. The molecule has 0 bridgehead atoms. The van der Waals surface area contributed by atoms with Crippen molar-refractivity contribution in [2.24, 2.45) is 0 Å². The molecule has 1 fully saturated rings. The largest absolute Gasteiger partial charge is 0.496 e. The van der Waals surface area contributed by atoms with Gasteiger partial charge in [-0.25, -0.2) is 0 Å². The topological polar surface area (TPSA) is 54.0 Å². The molecule has 63 heavy (non-hydrogen) atoms. The van der Waals surface area contributed by atoms with Crippen LogP contribution < -0.4 is 24.3 Å². The van der Waals surface area contributed by atoms with Crippen molar-refractivity contribution in [3.63, 3.8) is 0 Å². The summed E-state index contributed by atoms with van der Waals surface area (Å²) in [6.45, 7) is 8.95. The van der Waals surface area contributed by atoms with Crippen LogP contribution in [0.5, 0.6) is 23.0 Å². The highest BCUT2D eigenvalue weighted by atomic mass is 31.1. The molecular weight excluding hydrogens is 796 g/mol. The maximum atomic E-state index is 14.8. The first-order chi connectivity index (χ1) is 30.7. The van der Waals surface area contributed by atoms with Crippen LogP contribution in [0.15, 0.2) is 152 Å². The van der Waals surface area contributed by atoms with E-state index in [1.54, 1.807) is 28.4 Å². The Kier molecular flexibility index (Phi) is 13.2. The van der Waals surface area contributed by atoms with Gasteiger partial charge in [0.2, 0.25) is 0 Å². The number of ether oxygens (including phenoxy) is 4. The van der Waals surface area contributed by atoms with E-state index >= 15 is 0 Å². The summed E-state index contributed by atoms with van der Waals surface area (Å²) < 4.78 is 25.0. The fourth-order valence-electron chi connectivity index (χ4n) is 10.3. The number of rotatable bonds is 13. The SMILES string of the molecule is COc1cccc(OC)c1C1CC(=O)CC(c2c(OC)cccc2OC)P1c1c(C(c2ccccc2)c2c(C)cccc2C)cccc1C(c1ccccc1)c1c(C)cccc1C. The number of carbonyl (C=O) groups excluding carboxylic acids is 1. The van der Waals surface area contributed by atoms with Gasteiger partial charge >= 0.3 is 0 Å². The van der Waals surface area contributed by atoms with E-state index < -0.39 is 7.92 Å². The van der Waals surface area contributed by atoms with E-state index in [4.69, 9.17) is 18.9 Å². The lowest BCUT2D eigenvalue weighted by Gasteiger charge is -2.44. The number of hydrogen-bond donors (Lipinski definition) is 0. The first kappa shape index (κ1) is 43.5. The van der Waals surface area contributed by atoms with E-state index in [1.165, 1.54) is 60.9 Å². The summed E-state index contributed by atoms with van der Waals surface area (Å²) in [7, 11) is 5.44. The first-order valence-electron chi connectivity index (χ1n) is 21.8. The quantitative estimate of drug-likeness (QED) is 0.0854. The third-order valence-electron chi connectivity index (χ3n) is 13.0. The Bertz CT molecular complexity index is 2460. The van der Waals surface area contributed by atoms with E-state index in [9.17, 15) is 4.79 Å². The molecule has 0 aromatic heterocycles. The zero-order valence-corrected chi connectivity index (χ0v) is 38.5. The van der Waals surface area contributed by atoms with Gasteiger partial charge in [0.05, 0.1) is 28.4 Å². The molecule has 0 amide bonds. The highest BCUT2D eigenvalue weighted by Crippen LogP contribution is 2.71. The van der Waals surface area contributed by atoms with Crippen molar-refractivity contribution in [1.29, 1.82) is 0 Å². The summed E-state index contributed by atoms with van der Waals surface area (Å²) in [5.74, 6) is 2.71. The van der Waals surface area contributed by atoms with Gasteiger partial charge in [-0.05, 0) is 113 Å². The lowest BCUT2D eigenvalue weighted by Crippen LogP contribution is -2.31. The Morgan fingerprint density at radius 2 is 0.746 bits per heavy atom. The molecule has 1 heterocycles. The van der Waals surface area contributed by atoms with E-state index in [2.05, 4.69) is 143 Å². The van der Waals surface area contributed by atoms with Gasteiger partial charge in [0, 0.05) is 47.1 Å². The van der Waals surface area contributed by atoms with Crippen LogP contribution in [0.4, 0.5) is 0 Å². The van der Waals surface area contributed by atoms with Gasteiger partial charge in [0.1, 0.15) is 28.8 Å². The van der Waals surface area contributed by atoms with Crippen molar-refractivity contribution in [3.8, 4) is 23.0 Å². The molecule has 6 heteroatoms. The molecule has 320 valence electrons. The predicted octanol–water partition coefficient (Wildman–Crippen LogP) is 13.3. The van der Waals surface area contributed by atoms with Crippen LogP contribution in [0.2, 0.25) is 0 Å². The average molecular weight is 853 g/mol. The van der Waals surface area contributed by atoms with Crippen LogP contribution in [-0.2, 0) is 4.79 Å². The Morgan fingerprint density at radius 1 is 0.429 bits per heavy atom. The van der Waals surface area contributed by atoms with Gasteiger partial charge < -0.3 is 18.9 Å². The second kappa shape index (κ2) is 19.1. The lowest BCUT2D eigenvalue weighted by molar-refractivity contribution is -0.119. The van der Waals surface area contributed by atoms with Crippen LogP contribution in [-0.4, -0.2) is 34.2 Å². The molecular formula is C57H57O5P. The molecule has 0 saturated carbocycles. The molecule has 8 rings (SSSR count). The van der Waals surface area contributed by atoms with Crippen molar-refractivity contribution >= 4 is 19.0 Å². The Hall–Kier alpha value is -6.16. The molecule has 4 unspecified atom stereocenters. The van der Waals surface area contributed by atoms with Crippen LogP contribution >= 0.6 is 7.92 Å². The molecule has 7 aromatic carbocycles. The van der Waals surface area contributed by atoms with E-state index in [1.807, 2.05) is 36.4 Å². The Labute approximate surface area is 374 Å². The van der Waals surface area contributed by atoms with Crippen molar-refractivity contribution in [1.82, 2.24) is 0 Å². The molecule has 7 aromatic rings. The van der Waals surface area contributed by atoms with Gasteiger partial charge in [-0.15, -0.1) is 0 Å². The Morgan fingerprint density at radius 3 is 1.08 bits per heavy atom. The summed E-state index contributed by atoms with van der Waals surface area (Å²) >= 11 is 0. The highest BCUT2D eigenvalue weighted by molar-refractivity contribution is 7.66. The van der Waals surface area contributed by atoms with Crippen molar-refractivity contribution in [2.45, 2.75) is 63.7 Å². The minimum absolute atomic E-state index is 0.141. The van der Waals surface area contributed by atoms with Crippen LogP contribution in [0.1, 0.15) is 103 Å². The lowest BCUT2D eigenvalue weighted by atomic mass is 9.77. The van der Waals surface area contributed by atoms with E-state index in [0.29, 0.717) is 35.8 Å². The second-order valence-corrected chi connectivity index (χ2v) is 19.1. The van der Waals surface area contributed by atoms with Crippen molar-refractivity contribution < 1.29 is 23.7 Å². The zero-order valence-electron chi connectivity index (χ0n) is 37.6. The fraction of sp³-hybridized carbons (Fsp3) is 0.246. The molecule has 1 saturated heterocycles. The molecule has 1 aliphatic rings. The summed E-state index contributed by atoms with van der Waals surface area (Å²) in [6, 6.07) is 54.1. The van der Waals surface area contributed by atoms with Crippen molar-refractivity contribution in [3.05, 3.63) is 218 Å². The normalized spacial score (nSPS) is 17.1. The molecule has 1 aliphatic heterocycles. The number of Topliss-reactive ketones (excluding diaryl/α,β-unsaturated/α-hetero) is 1. The van der Waals surface area contributed by atoms with Crippen molar-refractivity contribution in [2.75, 3.05) is 28.4 Å². The summed E-state index contributed by atoms with van der Waals surface area (Å²) in [5.41, 5.74) is 13.5. The van der Waals surface area contributed by atoms with Crippen LogP contribution in [0.25, 0.3) is 0 Å².